The molecule has 35 heavy (non-hydrogen) atoms. The molecule has 0 saturated carbocycles. The third kappa shape index (κ3) is 5.19. The lowest BCUT2D eigenvalue weighted by atomic mass is 9.96. The molecule has 0 N–H and O–H groups in total. The van der Waals surface area contributed by atoms with Gasteiger partial charge in [-0.3, -0.25) is 9.59 Å². The van der Waals surface area contributed by atoms with Crippen molar-refractivity contribution in [3.05, 3.63) is 54.3 Å². The van der Waals surface area contributed by atoms with E-state index in [9.17, 15) is 9.59 Å². The standard InChI is InChI=1S/C28H31NO6/c1-5-34-25-16-26-23(24(17-35-26)20-7-6-8-21(14-20)32-3)15-22(25)18(2)13-27(30)29-11-9-19(10-12-29)28(31)33-4/h6-8,13-17,19H,5,9-12H2,1-4H3/b18-13+. The van der Waals surface area contributed by atoms with Crippen molar-refractivity contribution in [2.45, 2.75) is 26.7 Å². The van der Waals surface area contributed by atoms with Gasteiger partial charge < -0.3 is 23.5 Å². The van der Waals surface area contributed by atoms with E-state index >= 15 is 0 Å². The summed E-state index contributed by atoms with van der Waals surface area (Å²) >= 11 is 0. The van der Waals surface area contributed by atoms with Gasteiger partial charge in [0.05, 0.1) is 33.0 Å². The lowest BCUT2D eigenvalue weighted by Gasteiger charge is -2.30. The lowest BCUT2D eigenvalue weighted by molar-refractivity contribution is -0.148. The maximum absolute atomic E-state index is 13.0. The van der Waals surface area contributed by atoms with Crippen LogP contribution in [0.25, 0.3) is 27.7 Å². The number of amides is 1. The van der Waals surface area contributed by atoms with Gasteiger partial charge in [-0.1, -0.05) is 12.1 Å². The molecule has 2 aromatic carbocycles. The minimum absolute atomic E-state index is 0.0754. The van der Waals surface area contributed by atoms with Crippen molar-refractivity contribution in [2.24, 2.45) is 5.92 Å². The molecular weight excluding hydrogens is 446 g/mol. The average molecular weight is 478 g/mol. The van der Waals surface area contributed by atoms with Crippen molar-refractivity contribution in [2.75, 3.05) is 33.9 Å². The molecule has 0 aliphatic carbocycles. The van der Waals surface area contributed by atoms with Gasteiger partial charge in [0, 0.05) is 41.7 Å². The Labute approximate surface area is 205 Å². The average Bonchev–Trinajstić information content (AvgIpc) is 3.30. The second-order valence-electron chi connectivity index (χ2n) is 8.61. The Hall–Kier alpha value is -3.74. The SMILES string of the molecule is CCOc1cc2occ(-c3cccc(OC)c3)c2cc1/C(C)=C/C(=O)N1CCC(C(=O)OC)CC1. The summed E-state index contributed by atoms with van der Waals surface area (Å²) in [6.45, 7) is 5.38. The Bertz CT molecular complexity index is 1250. The maximum atomic E-state index is 13.0. The molecule has 1 saturated heterocycles. The third-order valence-corrected chi connectivity index (χ3v) is 6.46. The summed E-state index contributed by atoms with van der Waals surface area (Å²) in [5, 5.41) is 0.927. The number of likely N-dealkylation sites (tertiary alicyclic amines) is 1. The van der Waals surface area contributed by atoms with Gasteiger partial charge >= 0.3 is 5.97 Å². The Kier molecular flexibility index (Phi) is 7.44. The molecule has 1 fully saturated rings. The van der Waals surface area contributed by atoms with Crippen LogP contribution in [0.5, 0.6) is 11.5 Å². The van der Waals surface area contributed by atoms with Gasteiger partial charge in [-0.25, -0.2) is 0 Å². The summed E-state index contributed by atoms with van der Waals surface area (Å²) in [6, 6.07) is 11.7. The van der Waals surface area contributed by atoms with Crippen LogP contribution in [0, 0.1) is 5.92 Å². The smallest absolute Gasteiger partial charge is 0.308 e. The maximum Gasteiger partial charge on any atom is 0.308 e. The van der Waals surface area contributed by atoms with Gasteiger partial charge in [-0.15, -0.1) is 0 Å². The minimum Gasteiger partial charge on any atom is -0.497 e. The van der Waals surface area contributed by atoms with Crippen LogP contribution < -0.4 is 9.47 Å². The van der Waals surface area contributed by atoms with E-state index in [1.807, 2.05) is 50.2 Å². The highest BCUT2D eigenvalue weighted by Gasteiger charge is 2.27. The van der Waals surface area contributed by atoms with Gasteiger partial charge in [0.25, 0.3) is 0 Å². The molecule has 1 aromatic heterocycles. The van der Waals surface area contributed by atoms with Gasteiger partial charge in [0.1, 0.15) is 17.1 Å². The number of carbonyl (C=O) groups excluding carboxylic acids is 2. The van der Waals surface area contributed by atoms with E-state index in [4.69, 9.17) is 18.6 Å². The topological polar surface area (TPSA) is 78.2 Å². The first kappa shape index (κ1) is 24.4. The quantitative estimate of drug-likeness (QED) is 0.338. The van der Waals surface area contributed by atoms with E-state index in [1.165, 1.54) is 7.11 Å². The van der Waals surface area contributed by atoms with E-state index in [1.54, 1.807) is 24.3 Å². The second-order valence-corrected chi connectivity index (χ2v) is 8.61. The highest BCUT2D eigenvalue weighted by molar-refractivity contribution is 6.00. The number of fused-ring (bicyclic) bond motifs is 1. The van der Waals surface area contributed by atoms with Crippen molar-refractivity contribution >= 4 is 28.4 Å². The number of allylic oxidation sites excluding steroid dienone is 1. The van der Waals surface area contributed by atoms with Crippen LogP contribution in [-0.4, -0.2) is 50.7 Å². The highest BCUT2D eigenvalue weighted by atomic mass is 16.5. The summed E-state index contributed by atoms with van der Waals surface area (Å²) < 4.78 is 22.0. The summed E-state index contributed by atoms with van der Waals surface area (Å²) in [4.78, 5) is 26.6. The van der Waals surface area contributed by atoms with Crippen LogP contribution in [0.4, 0.5) is 0 Å². The number of piperidine rings is 1. The van der Waals surface area contributed by atoms with Crippen molar-refractivity contribution in [3.8, 4) is 22.6 Å². The lowest BCUT2D eigenvalue weighted by Crippen LogP contribution is -2.39. The van der Waals surface area contributed by atoms with Crippen LogP contribution in [0.15, 0.2) is 53.2 Å². The molecule has 0 radical (unpaired) electrons. The van der Waals surface area contributed by atoms with E-state index < -0.39 is 0 Å². The molecule has 7 heteroatoms. The summed E-state index contributed by atoms with van der Waals surface area (Å²) in [5.74, 6) is 1.01. The van der Waals surface area contributed by atoms with Crippen LogP contribution in [0.2, 0.25) is 0 Å². The number of hydrogen-bond acceptors (Lipinski definition) is 6. The van der Waals surface area contributed by atoms with Crippen LogP contribution in [0.1, 0.15) is 32.3 Å². The molecule has 7 nitrogen and oxygen atoms in total. The summed E-state index contributed by atoms with van der Waals surface area (Å²) in [5.41, 5.74) is 4.26. The minimum atomic E-state index is -0.203. The normalized spacial score (nSPS) is 14.7. The molecular formula is C28H31NO6. The summed E-state index contributed by atoms with van der Waals surface area (Å²) in [6.07, 6.45) is 4.60. The van der Waals surface area contributed by atoms with Crippen LogP contribution in [-0.2, 0) is 14.3 Å². The van der Waals surface area contributed by atoms with Crippen molar-refractivity contribution < 1.29 is 28.2 Å². The predicted molar refractivity (Wildman–Crippen MR) is 134 cm³/mol. The third-order valence-electron chi connectivity index (χ3n) is 6.46. The fourth-order valence-corrected chi connectivity index (χ4v) is 4.51. The van der Waals surface area contributed by atoms with Crippen LogP contribution >= 0.6 is 0 Å². The zero-order valence-electron chi connectivity index (χ0n) is 20.6. The second kappa shape index (κ2) is 10.7. The van der Waals surface area contributed by atoms with E-state index in [0.717, 1.165) is 33.4 Å². The van der Waals surface area contributed by atoms with E-state index in [-0.39, 0.29) is 17.8 Å². The monoisotopic (exact) mass is 477 g/mol. The highest BCUT2D eigenvalue weighted by Crippen LogP contribution is 2.38. The first-order valence-electron chi connectivity index (χ1n) is 11.8. The largest absolute Gasteiger partial charge is 0.497 e. The number of esters is 1. The molecule has 1 aliphatic rings. The molecule has 1 aliphatic heterocycles. The number of benzene rings is 2. The van der Waals surface area contributed by atoms with E-state index in [0.29, 0.717) is 43.9 Å². The molecule has 2 heterocycles. The number of ether oxygens (including phenoxy) is 3. The number of rotatable bonds is 7. The van der Waals surface area contributed by atoms with Gasteiger partial charge in [-0.2, -0.15) is 0 Å². The number of hydrogen-bond donors (Lipinski definition) is 0. The number of carbonyl (C=O) groups is 2. The molecule has 0 unspecified atom stereocenters. The molecule has 1 amide bonds. The summed E-state index contributed by atoms with van der Waals surface area (Å²) in [7, 11) is 3.04. The molecule has 0 atom stereocenters. The number of nitrogens with zero attached hydrogens (tertiary/aromatic N) is 1. The molecule has 4 rings (SSSR count). The Morgan fingerprint density at radius 2 is 1.91 bits per heavy atom. The Morgan fingerprint density at radius 1 is 1.14 bits per heavy atom. The van der Waals surface area contributed by atoms with Crippen LogP contribution in [0.3, 0.4) is 0 Å². The fourth-order valence-electron chi connectivity index (χ4n) is 4.51. The van der Waals surface area contributed by atoms with Gasteiger partial charge in [-0.05, 0) is 56.0 Å². The first-order valence-corrected chi connectivity index (χ1v) is 11.8. The Balaban J connectivity index is 1.65. The molecule has 0 spiro atoms. The first-order chi connectivity index (χ1) is 16.9. The van der Waals surface area contributed by atoms with Gasteiger partial charge in [0.2, 0.25) is 5.91 Å². The van der Waals surface area contributed by atoms with Crippen molar-refractivity contribution in [3.63, 3.8) is 0 Å². The zero-order chi connectivity index (χ0) is 24.9. The molecule has 184 valence electrons. The van der Waals surface area contributed by atoms with Crippen molar-refractivity contribution in [1.29, 1.82) is 0 Å². The Morgan fingerprint density at radius 3 is 2.60 bits per heavy atom. The fraction of sp³-hybridized carbons (Fsp3) is 0.357. The number of methoxy groups -OCH3 is 2. The van der Waals surface area contributed by atoms with Gasteiger partial charge in [0.15, 0.2) is 0 Å². The van der Waals surface area contributed by atoms with Crippen molar-refractivity contribution in [1.82, 2.24) is 4.90 Å². The molecule has 0 bridgehead atoms. The van der Waals surface area contributed by atoms with E-state index in [2.05, 4.69) is 0 Å². The zero-order valence-corrected chi connectivity index (χ0v) is 20.6. The predicted octanol–water partition coefficient (Wildman–Crippen LogP) is 5.32. The molecule has 3 aromatic rings. The number of furan rings is 1.